The van der Waals surface area contributed by atoms with Gasteiger partial charge in [-0.05, 0) is 57.5 Å². The first-order valence-electron chi connectivity index (χ1n) is 7.92. The molecular formula is C19H21ClNO3PS. The van der Waals surface area contributed by atoms with E-state index in [0.29, 0.717) is 20.9 Å². The van der Waals surface area contributed by atoms with Crippen molar-refractivity contribution in [2.45, 2.75) is 27.7 Å². The number of hydrogen-bond acceptors (Lipinski definition) is 3. The molecule has 2 rings (SSSR count). The highest BCUT2D eigenvalue weighted by atomic mass is 35.5. The van der Waals surface area contributed by atoms with E-state index in [1.54, 1.807) is 30.9 Å². The third-order valence-corrected chi connectivity index (χ3v) is 6.80. The molecule has 26 heavy (non-hydrogen) atoms. The Morgan fingerprint density at radius 3 is 2.50 bits per heavy atom. The largest absolute Gasteiger partial charge is 0.477 e. The number of aryl methyl sites for hydroxylation is 1. The lowest BCUT2D eigenvalue weighted by Crippen LogP contribution is -2.14. The summed E-state index contributed by atoms with van der Waals surface area (Å²) in [6, 6.07) is 6.77. The lowest BCUT2D eigenvalue weighted by atomic mass is 9.98. The molecule has 4 nitrogen and oxygen atoms in total. The minimum Gasteiger partial charge on any atom is -0.477 e. The Hall–Kier alpha value is -1.73. The molecule has 1 heterocycles. The van der Waals surface area contributed by atoms with Crippen LogP contribution < -0.4 is 10.4 Å². The maximum Gasteiger partial charge on any atom is 0.348 e. The maximum atomic E-state index is 13.2. The molecule has 0 aliphatic heterocycles. The van der Waals surface area contributed by atoms with Gasteiger partial charge in [-0.15, -0.1) is 11.3 Å². The van der Waals surface area contributed by atoms with Crippen LogP contribution in [-0.4, -0.2) is 17.7 Å². The average Bonchev–Trinajstić information content (AvgIpc) is 2.86. The summed E-state index contributed by atoms with van der Waals surface area (Å²) in [7, 11) is -3.04. The highest BCUT2D eigenvalue weighted by molar-refractivity contribution is 7.72. The molecule has 1 atom stereocenters. The topological polar surface area (TPSA) is 66.4 Å². The smallest absolute Gasteiger partial charge is 0.348 e. The molecule has 2 N–H and O–H groups in total. The van der Waals surface area contributed by atoms with Crippen molar-refractivity contribution in [3.05, 3.63) is 44.6 Å². The number of thiophene rings is 1. The van der Waals surface area contributed by atoms with Crippen LogP contribution in [-0.2, 0) is 4.57 Å². The van der Waals surface area contributed by atoms with E-state index < -0.39 is 13.3 Å². The fourth-order valence-electron chi connectivity index (χ4n) is 2.33. The van der Waals surface area contributed by atoms with Crippen LogP contribution in [0.5, 0.6) is 0 Å². The average molecular weight is 410 g/mol. The van der Waals surface area contributed by atoms with Crippen LogP contribution >= 0.6 is 30.2 Å². The van der Waals surface area contributed by atoms with Gasteiger partial charge in [0.1, 0.15) is 4.88 Å². The minimum atomic E-state index is -3.04. The standard InChI is InChI=1S/C19H21ClNO3PS/c1-12-10-13(20)6-7-16(12)25(5,24)21-15-11-14(8-9-19(2,3)4)26-17(15)18(22)23/h6-7,10-11H,1-5H3,(H,21,24)(H,22,23). The monoisotopic (exact) mass is 409 g/mol. The quantitative estimate of drug-likeness (QED) is 0.520. The minimum absolute atomic E-state index is 0.0944. The van der Waals surface area contributed by atoms with Crippen LogP contribution in [0, 0.1) is 24.2 Å². The first-order valence-corrected chi connectivity index (χ1v) is 11.3. The van der Waals surface area contributed by atoms with Gasteiger partial charge in [0.15, 0.2) is 7.29 Å². The third-order valence-electron chi connectivity index (χ3n) is 3.44. The Morgan fingerprint density at radius 1 is 1.31 bits per heavy atom. The predicted octanol–water partition coefficient (Wildman–Crippen LogP) is 5.45. The zero-order valence-corrected chi connectivity index (χ0v) is 17.8. The zero-order valence-electron chi connectivity index (χ0n) is 15.3. The van der Waals surface area contributed by atoms with Crippen molar-refractivity contribution in [2.24, 2.45) is 5.41 Å². The second-order valence-electron chi connectivity index (χ2n) is 7.13. The number of carbonyl (C=O) groups is 1. The van der Waals surface area contributed by atoms with E-state index in [9.17, 15) is 14.5 Å². The van der Waals surface area contributed by atoms with Crippen molar-refractivity contribution in [2.75, 3.05) is 11.8 Å². The van der Waals surface area contributed by atoms with Crippen molar-refractivity contribution in [1.82, 2.24) is 0 Å². The van der Waals surface area contributed by atoms with Gasteiger partial charge in [0.05, 0.1) is 10.6 Å². The predicted molar refractivity (Wildman–Crippen MR) is 111 cm³/mol. The summed E-state index contributed by atoms with van der Waals surface area (Å²) in [6.07, 6.45) is 0. The molecule has 0 aliphatic carbocycles. The fraction of sp³-hybridized carbons (Fsp3) is 0.316. The number of hydrogen-bond donors (Lipinski definition) is 2. The first kappa shape index (κ1) is 20.6. The summed E-state index contributed by atoms with van der Waals surface area (Å²) < 4.78 is 13.2. The highest BCUT2D eigenvalue weighted by Crippen LogP contribution is 2.44. The van der Waals surface area contributed by atoms with Crippen LogP contribution in [0.4, 0.5) is 5.69 Å². The first-order chi connectivity index (χ1) is 11.9. The molecule has 0 saturated heterocycles. The Kier molecular flexibility index (Phi) is 5.92. The summed E-state index contributed by atoms with van der Waals surface area (Å²) in [6.45, 7) is 9.34. The lowest BCUT2D eigenvalue weighted by molar-refractivity contribution is 0.0703. The Labute approximate surface area is 163 Å². The SMILES string of the molecule is Cc1cc(Cl)ccc1P(C)(=O)Nc1cc(C#CC(C)(C)C)sc1C(=O)O. The number of carboxylic acid groups (broad SMARTS) is 1. The van der Waals surface area contributed by atoms with Gasteiger partial charge in [0.25, 0.3) is 0 Å². The molecule has 0 amide bonds. The van der Waals surface area contributed by atoms with Gasteiger partial charge in [-0.25, -0.2) is 4.79 Å². The Morgan fingerprint density at radius 2 is 1.96 bits per heavy atom. The highest BCUT2D eigenvalue weighted by Gasteiger charge is 2.25. The van der Waals surface area contributed by atoms with Crippen molar-refractivity contribution in [3.63, 3.8) is 0 Å². The summed E-state index contributed by atoms with van der Waals surface area (Å²) in [5, 5.41) is 13.6. The third kappa shape index (κ3) is 5.14. The maximum absolute atomic E-state index is 13.2. The second kappa shape index (κ2) is 7.48. The van der Waals surface area contributed by atoms with Crippen molar-refractivity contribution >= 4 is 47.2 Å². The molecule has 0 bridgehead atoms. The van der Waals surface area contributed by atoms with E-state index >= 15 is 0 Å². The zero-order chi connectivity index (χ0) is 19.7. The van der Waals surface area contributed by atoms with Crippen LogP contribution in [0.25, 0.3) is 0 Å². The molecule has 1 unspecified atom stereocenters. The Balaban J connectivity index is 2.44. The van der Waals surface area contributed by atoms with Crippen molar-refractivity contribution < 1.29 is 14.5 Å². The Bertz CT molecular complexity index is 963. The van der Waals surface area contributed by atoms with Crippen LogP contribution in [0.2, 0.25) is 5.02 Å². The molecule has 7 heteroatoms. The number of aromatic carboxylic acids is 1. The van der Waals surface area contributed by atoms with Crippen LogP contribution in [0.1, 0.15) is 40.9 Å². The van der Waals surface area contributed by atoms with Crippen LogP contribution in [0.15, 0.2) is 24.3 Å². The molecule has 0 spiro atoms. The van der Waals surface area contributed by atoms with E-state index in [2.05, 4.69) is 16.9 Å². The van der Waals surface area contributed by atoms with Gasteiger partial charge in [-0.2, -0.15) is 0 Å². The van der Waals surface area contributed by atoms with E-state index in [1.807, 2.05) is 27.7 Å². The lowest BCUT2D eigenvalue weighted by Gasteiger charge is -2.18. The van der Waals surface area contributed by atoms with Gasteiger partial charge < -0.3 is 10.2 Å². The van der Waals surface area contributed by atoms with Gasteiger partial charge in [0, 0.05) is 22.4 Å². The second-order valence-corrected chi connectivity index (χ2v) is 11.2. The molecule has 1 aromatic carbocycles. The molecule has 1 aromatic heterocycles. The number of anilines is 1. The molecule has 0 radical (unpaired) electrons. The molecular weight excluding hydrogens is 389 g/mol. The van der Waals surface area contributed by atoms with E-state index in [-0.39, 0.29) is 10.3 Å². The van der Waals surface area contributed by atoms with Crippen molar-refractivity contribution in [3.8, 4) is 11.8 Å². The fourth-order valence-corrected chi connectivity index (χ4v) is 5.29. The number of rotatable bonds is 4. The molecule has 2 aromatic rings. The number of halogens is 1. The number of carboxylic acids is 1. The molecule has 0 aliphatic rings. The summed E-state index contributed by atoms with van der Waals surface area (Å²) >= 11 is 7.04. The van der Waals surface area contributed by atoms with E-state index in [1.165, 1.54) is 0 Å². The van der Waals surface area contributed by atoms with Gasteiger partial charge in [-0.3, -0.25) is 4.57 Å². The summed E-state index contributed by atoms with van der Waals surface area (Å²) in [5.74, 6) is 5.01. The molecule has 138 valence electrons. The van der Waals surface area contributed by atoms with Gasteiger partial charge >= 0.3 is 5.97 Å². The normalized spacial score (nSPS) is 13.5. The summed E-state index contributed by atoms with van der Waals surface area (Å²) in [5.41, 5.74) is 0.915. The number of nitrogens with one attached hydrogen (secondary N) is 1. The van der Waals surface area contributed by atoms with Gasteiger partial charge in [0.2, 0.25) is 0 Å². The van der Waals surface area contributed by atoms with E-state index in [0.717, 1.165) is 16.9 Å². The van der Waals surface area contributed by atoms with Gasteiger partial charge in [-0.1, -0.05) is 23.4 Å². The van der Waals surface area contributed by atoms with Crippen molar-refractivity contribution in [1.29, 1.82) is 0 Å². The van der Waals surface area contributed by atoms with E-state index in [4.69, 9.17) is 11.6 Å². The molecule has 0 saturated carbocycles. The summed E-state index contributed by atoms with van der Waals surface area (Å²) in [4.78, 5) is 12.3. The van der Waals surface area contributed by atoms with Crippen LogP contribution in [0.3, 0.4) is 0 Å². The molecule has 0 fully saturated rings. The number of benzene rings is 1.